The van der Waals surface area contributed by atoms with Crippen LogP contribution in [0.1, 0.15) is 6.42 Å². The molecule has 3 aromatic rings. The first-order valence-electron chi connectivity index (χ1n) is 6.33. The highest BCUT2D eigenvalue weighted by Gasteiger charge is 2.07. The van der Waals surface area contributed by atoms with Crippen LogP contribution in [0.5, 0.6) is 0 Å². The van der Waals surface area contributed by atoms with Gasteiger partial charge in [-0.1, -0.05) is 12.1 Å². The number of rotatable bonds is 4. The summed E-state index contributed by atoms with van der Waals surface area (Å²) in [6.45, 7) is 0.247. The maximum Gasteiger partial charge on any atom is 0.261 e. The van der Waals surface area contributed by atoms with Crippen molar-refractivity contribution < 1.29 is 4.79 Å². The van der Waals surface area contributed by atoms with Crippen molar-refractivity contribution in [2.45, 2.75) is 13.0 Å². The second-order valence-electron chi connectivity index (χ2n) is 4.39. The van der Waals surface area contributed by atoms with Gasteiger partial charge in [-0.15, -0.1) is 0 Å². The van der Waals surface area contributed by atoms with Gasteiger partial charge in [0.2, 0.25) is 11.9 Å². The molecule has 8 heteroatoms. The molecule has 21 heavy (non-hydrogen) atoms. The van der Waals surface area contributed by atoms with E-state index in [4.69, 9.17) is 0 Å². The molecule has 0 aliphatic heterocycles. The number of anilines is 1. The van der Waals surface area contributed by atoms with E-state index < -0.39 is 0 Å². The Bertz CT molecular complexity index is 824. The largest absolute Gasteiger partial charge is 0.298 e. The second kappa shape index (κ2) is 5.53. The number of para-hydroxylation sites is 1. The summed E-state index contributed by atoms with van der Waals surface area (Å²) in [5, 5.41) is 9.24. The summed E-state index contributed by atoms with van der Waals surface area (Å²) >= 11 is 0. The first-order valence-corrected chi connectivity index (χ1v) is 6.33. The lowest BCUT2D eigenvalue weighted by molar-refractivity contribution is -0.116. The number of carbonyl (C=O) groups excluding carboxylic acids is 1. The summed E-state index contributed by atoms with van der Waals surface area (Å²) in [4.78, 5) is 31.9. The smallest absolute Gasteiger partial charge is 0.261 e. The number of nitrogens with one attached hydrogen (secondary N) is 2. The zero-order valence-electron chi connectivity index (χ0n) is 11.0. The van der Waals surface area contributed by atoms with E-state index >= 15 is 0 Å². The Morgan fingerprint density at radius 3 is 2.95 bits per heavy atom. The Kier molecular flexibility index (Phi) is 3.42. The lowest BCUT2D eigenvalue weighted by Gasteiger charge is -2.06. The molecular formula is C13H12N6O2. The highest BCUT2D eigenvalue weighted by Crippen LogP contribution is 2.05. The molecule has 0 radical (unpaired) electrons. The number of benzene rings is 1. The van der Waals surface area contributed by atoms with Crippen LogP contribution in [0.4, 0.5) is 5.95 Å². The molecule has 0 spiro atoms. The molecule has 0 aliphatic carbocycles. The average Bonchev–Trinajstić information content (AvgIpc) is 3.00. The summed E-state index contributed by atoms with van der Waals surface area (Å²) in [7, 11) is 0. The Labute approximate surface area is 118 Å². The fourth-order valence-corrected chi connectivity index (χ4v) is 1.95. The molecule has 8 nitrogen and oxygen atoms in total. The normalized spacial score (nSPS) is 10.7. The number of hydrogen-bond donors (Lipinski definition) is 2. The van der Waals surface area contributed by atoms with Gasteiger partial charge in [-0.05, 0) is 12.1 Å². The fraction of sp³-hybridized carbons (Fsp3) is 0.154. The maximum atomic E-state index is 12.2. The summed E-state index contributed by atoms with van der Waals surface area (Å²) in [5.41, 5.74) is 0.484. The summed E-state index contributed by atoms with van der Waals surface area (Å²) < 4.78 is 1.42. The number of hydrogen-bond acceptors (Lipinski definition) is 5. The number of nitrogens with zero attached hydrogens (tertiary/aromatic N) is 4. The van der Waals surface area contributed by atoms with Crippen molar-refractivity contribution in [3.8, 4) is 0 Å². The highest BCUT2D eigenvalue weighted by molar-refractivity contribution is 5.88. The van der Waals surface area contributed by atoms with E-state index in [1.165, 1.54) is 17.2 Å². The lowest BCUT2D eigenvalue weighted by Crippen LogP contribution is -2.23. The van der Waals surface area contributed by atoms with Crippen molar-refractivity contribution in [2.24, 2.45) is 0 Å². The Morgan fingerprint density at radius 2 is 2.14 bits per heavy atom. The second-order valence-corrected chi connectivity index (χ2v) is 4.39. The van der Waals surface area contributed by atoms with Crippen LogP contribution >= 0.6 is 0 Å². The zero-order valence-corrected chi connectivity index (χ0v) is 11.0. The number of aromatic amines is 1. The van der Waals surface area contributed by atoms with Crippen LogP contribution < -0.4 is 10.9 Å². The van der Waals surface area contributed by atoms with Gasteiger partial charge < -0.3 is 0 Å². The van der Waals surface area contributed by atoms with E-state index in [-0.39, 0.29) is 30.4 Å². The van der Waals surface area contributed by atoms with Gasteiger partial charge in [0, 0.05) is 13.0 Å². The first kappa shape index (κ1) is 13.0. The first-order chi connectivity index (χ1) is 10.2. The summed E-state index contributed by atoms with van der Waals surface area (Å²) in [6.07, 6.45) is 2.89. The molecule has 2 heterocycles. The van der Waals surface area contributed by atoms with Gasteiger partial charge in [0.05, 0.1) is 17.2 Å². The van der Waals surface area contributed by atoms with Gasteiger partial charge in [-0.2, -0.15) is 10.1 Å². The van der Waals surface area contributed by atoms with Crippen LogP contribution in [0.3, 0.4) is 0 Å². The van der Waals surface area contributed by atoms with E-state index in [2.05, 4.69) is 25.5 Å². The number of H-pyrrole nitrogens is 1. The van der Waals surface area contributed by atoms with Crippen molar-refractivity contribution in [1.29, 1.82) is 0 Å². The minimum atomic E-state index is -0.258. The molecule has 0 fully saturated rings. The lowest BCUT2D eigenvalue weighted by atomic mass is 10.2. The maximum absolute atomic E-state index is 12.2. The number of amides is 1. The molecule has 2 aromatic heterocycles. The molecule has 1 aromatic carbocycles. The number of carbonyl (C=O) groups is 1. The van der Waals surface area contributed by atoms with Gasteiger partial charge in [0.15, 0.2) is 0 Å². The van der Waals surface area contributed by atoms with Gasteiger partial charge in [-0.25, -0.2) is 10.1 Å². The average molecular weight is 284 g/mol. The SMILES string of the molecule is O=C(CCn1cnc2ccccc2c1=O)Nc1ncn[nH]1. The Hall–Kier alpha value is -3.03. The number of aryl methyl sites for hydroxylation is 1. The molecule has 106 valence electrons. The third-order valence-corrected chi connectivity index (χ3v) is 2.98. The van der Waals surface area contributed by atoms with Crippen molar-refractivity contribution in [1.82, 2.24) is 24.7 Å². The minimum absolute atomic E-state index is 0.140. The topological polar surface area (TPSA) is 106 Å². The van der Waals surface area contributed by atoms with E-state index in [0.29, 0.717) is 10.9 Å². The van der Waals surface area contributed by atoms with Crippen molar-refractivity contribution in [3.05, 3.63) is 47.3 Å². The van der Waals surface area contributed by atoms with Crippen LogP contribution in [-0.4, -0.2) is 30.6 Å². The molecule has 2 N–H and O–H groups in total. The van der Waals surface area contributed by atoms with Crippen LogP contribution in [0.2, 0.25) is 0 Å². The molecule has 0 bridgehead atoms. The van der Waals surface area contributed by atoms with Gasteiger partial charge >= 0.3 is 0 Å². The van der Waals surface area contributed by atoms with E-state index in [0.717, 1.165) is 0 Å². The van der Waals surface area contributed by atoms with Crippen molar-refractivity contribution in [2.75, 3.05) is 5.32 Å². The molecule has 0 atom stereocenters. The quantitative estimate of drug-likeness (QED) is 0.727. The molecule has 1 amide bonds. The monoisotopic (exact) mass is 284 g/mol. The van der Waals surface area contributed by atoms with Gasteiger partial charge in [0.1, 0.15) is 6.33 Å². The third-order valence-electron chi connectivity index (χ3n) is 2.98. The van der Waals surface area contributed by atoms with Crippen LogP contribution in [0.25, 0.3) is 10.9 Å². The summed E-state index contributed by atoms with van der Waals surface area (Å²) in [6, 6.07) is 7.10. The van der Waals surface area contributed by atoms with Crippen LogP contribution in [0.15, 0.2) is 41.7 Å². The zero-order chi connectivity index (χ0) is 14.7. The van der Waals surface area contributed by atoms with Crippen LogP contribution in [-0.2, 0) is 11.3 Å². The summed E-state index contributed by atoms with van der Waals surface area (Å²) in [5.74, 6) is 0.0239. The Balaban J connectivity index is 1.72. The minimum Gasteiger partial charge on any atom is -0.298 e. The van der Waals surface area contributed by atoms with Crippen molar-refractivity contribution >= 4 is 22.8 Å². The third kappa shape index (κ3) is 2.78. The predicted octanol–water partition coefficient (Wildman–Crippen LogP) is 0.543. The molecule has 3 rings (SSSR count). The predicted molar refractivity (Wildman–Crippen MR) is 75.6 cm³/mol. The molecule has 0 aliphatic rings. The fourth-order valence-electron chi connectivity index (χ4n) is 1.95. The number of fused-ring (bicyclic) bond motifs is 1. The standard InChI is InChI=1S/C13H12N6O2/c20-11(17-13-14-7-16-18-13)5-6-19-8-15-10-4-2-1-3-9(10)12(19)21/h1-4,7-8H,5-6H2,(H2,14,16,17,18,20). The van der Waals surface area contributed by atoms with E-state index in [9.17, 15) is 9.59 Å². The number of aromatic nitrogens is 5. The Morgan fingerprint density at radius 1 is 1.29 bits per heavy atom. The van der Waals surface area contributed by atoms with E-state index in [1.54, 1.807) is 18.2 Å². The highest BCUT2D eigenvalue weighted by atomic mass is 16.2. The molecular weight excluding hydrogens is 272 g/mol. The van der Waals surface area contributed by atoms with Gasteiger partial charge in [0.25, 0.3) is 5.56 Å². The van der Waals surface area contributed by atoms with Crippen LogP contribution in [0, 0.1) is 0 Å². The van der Waals surface area contributed by atoms with Gasteiger partial charge in [-0.3, -0.25) is 19.5 Å². The van der Waals surface area contributed by atoms with Crippen molar-refractivity contribution in [3.63, 3.8) is 0 Å². The molecule has 0 saturated heterocycles. The molecule has 0 unspecified atom stereocenters. The van der Waals surface area contributed by atoms with E-state index in [1.807, 2.05) is 6.07 Å². The molecule has 0 saturated carbocycles.